The molecule has 208 valence electrons. The number of ether oxygens (including phenoxy) is 1. The van der Waals surface area contributed by atoms with E-state index in [-0.39, 0.29) is 30.6 Å². The summed E-state index contributed by atoms with van der Waals surface area (Å²) >= 11 is 0. The van der Waals surface area contributed by atoms with Gasteiger partial charge in [-0.3, -0.25) is 13.9 Å². The van der Waals surface area contributed by atoms with E-state index in [2.05, 4.69) is 5.32 Å². The van der Waals surface area contributed by atoms with Crippen LogP contribution in [0.3, 0.4) is 0 Å². The predicted octanol–water partition coefficient (Wildman–Crippen LogP) is 4.02. The summed E-state index contributed by atoms with van der Waals surface area (Å²) in [5.74, 6) is -0.475. The minimum atomic E-state index is -3.87. The highest BCUT2D eigenvalue weighted by Gasteiger charge is 2.34. The Morgan fingerprint density at radius 2 is 1.46 bits per heavy atom. The molecule has 2 unspecified atom stereocenters. The van der Waals surface area contributed by atoms with Crippen LogP contribution in [-0.4, -0.2) is 57.1 Å². The fourth-order valence-electron chi connectivity index (χ4n) is 4.21. The third kappa shape index (κ3) is 8.32. The Labute approximate surface area is 231 Å². The van der Waals surface area contributed by atoms with Crippen molar-refractivity contribution in [3.63, 3.8) is 0 Å². The van der Waals surface area contributed by atoms with Crippen LogP contribution >= 0.6 is 0 Å². The van der Waals surface area contributed by atoms with E-state index >= 15 is 0 Å². The maximum Gasteiger partial charge on any atom is 0.244 e. The number of sulfonamides is 1. The molecule has 0 saturated heterocycles. The zero-order valence-corrected chi connectivity index (χ0v) is 23.7. The number of methoxy groups -OCH3 is 1. The molecular weight excluding hydrogens is 514 g/mol. The fraction of sp³-hybridized carbons (Fsp3) is 0.333. The van der Waals surface area contributed by atoms with Crippen molar-refractivity contribution in [2.75, 3.05) is 24.2 Å². The summed E-state index contributed by atoms with van der Waals surface area (Å²) < 4.78 is 32.2. The second-order valence-electron chi connectivity index (χ2n) is 9.47. The number of hydrogen-bond acceptors (Lipinski definition) is 5. The lowest BCUT2D eigenvalue weighted by atomic mass is 10.0. The lowest BCUT2D eigenvalue weighted by Gasteiger charge is -2.34. The second-order valence-corrected chi connectivity index (χ2v) is 11.4. The van der Waals surface area contributed by atoms with E-state index in [1.807, 2.05) is 74.5 Å². The summed E-state index contributed by atoms with van der Waals surface area (Å²) in [4.78, 5) is 29.2. The monoisotopic (exact) mass is 551 g/mol. The van der Waals surface area contributed by atoms with Gasteiger partial charge in [-0.05, 0) is 36.6 Å². The topological polar surface area (TPSA) is 96.0 Å². The number of para-hydroxylation sites is 2. The summed E-state index contributed by atoms with van der Waals surface area (Å²) in [6.45, 7) is 3.53. The first-order valence-electron chi connectivity index (χ1n) is 12.9. The molecule has 3 rings (SSSR count). The van der Waals surface area contributed by atoms with Crippen LogP contribution < -0.4 is 14.4 Å². The third-order valence-corrected chi connectivity index (χ3v) is 7.63. The molecule has 0 aliphatic rings. The fourth-order valence-corrected chi connectivity index (χ4v) is 5.06. The van der Waals surface area contributed by atoms with Crippen molar-refractivity contribution >= 4 is 27.5 Å². The maximum absolute atomic E-state index is 14.1. The van der Waals surface area contributed by atoms with Crippen LogP contribution in [0.5, 0.6) is 5.75 Å². The van der Waals surface area contributed by atoms with Crippen molar-refractivity contribution in [1.82, 2.24) is 10.2 Å². The molecule has 0 fully saturated rings. The maximum atomic E-state index is 14.1. The van der Waals surface area contributed by atoms with Gasteiger partial charge in [0.2, 0.25) is 21.8 Å². The van der Waals surface area contributed by atoms with Crippen LogP contribution in [0.2, 0.25) is 0 Å². The van der Waals surface area contributed by atoms with E-state index in [1.165, 1.54) is 12.0 Å². The van der Waals surface area contributed by atoms with Gasteiger partial charge in [-0.15, -0.1) is 0 Å². The van der Waals surface area contributed by atoms with Gasteiger partial charge < -0.3 is 15.0 Å². The lowest BCUT2D eigenvalue weighted by molar-refractivity contribution is -0.140. The quantitative estimate of drug-likeness (QED) is 0.346. The Kier molecular flexibility index (Phi) is 10.5. The van der Waals surface area contributed by atoms with Gasteiger partial charge in [0.1, 0.15) is 18.3 Å². The molecule has 3 aromatic carbocycles. The molecule has 1 N–H and O–H groups in total. The first-order chi connectivity index (χ1) is 18.6. The molecule has 0 aromatic heterocycles. The number of rotatable bonds is 13. The smallest absolute Gasteiger partial charge is 0.244 e. The lowest BCUT2D eigenvalue weighted by Crippen LogP contribution is -2.54. The Bertz CT molecular complexity index is 1330. The summed E-state index contributed by atoms with van der Waals surface area (Å²) in [5.41, 5.74) is 1.96. The van der Waals surface area contributed by atoms with Crippen LogP contribution in [-0.2, 0) is 32.6 Å². The molecule has 2 atom stereocenters. The largest absolute Gasteiger partial charge is 0.495 e. The van der Waals surface area contributed by atoms with E-state index in [0.717, 1.165) is 28.1 Å². The van der Waals surface area contributed by atoms with Gasteiger partial charge in [0.05, 0.1) is 19.1 Å². The van der Waals surface area contributed by atoms with Crippen molar-refractivity contribution in [3.05, 3.63) is 96.1 Å². The normalized spacial score (nSPS) is 12.7. The second kappa shape index (κ2) is 13.8. The molecule has 0 saturated carbocycles. The van der Waals surface area contributed by atoms with Crippen LogP contribution in [0.1, 0.15) is 31.4 Å². The number of carbonyl (C=O) groups is 2. The molecule has 0 radical (unpaired) electrons. The first kappa shape index (κ1) is 29.7. The summed E-state index contributed by atoms with van der Waals surface area (Å²) in [6, 6.07) is 24.5. The molecule has 0 spiro atoms. The van der Waals surface area contributed by atoms with E-state index < -0.39 is 28.5 Å². The van der Waals surface area contributed by atoms with Crippen LogP contribution in [0.15, 0.2) is 84.9 Å². The number of anilines is 1. The molecule has 39 heavy (non-hydrogen) atoms. The van der Waals surface area contributed by atoms with Gasteiger partial charge in [0, 0.05) is 19.0 Å². The van der Waals surface area contributed by atoms with E-state index in [4.69, 9.17) is 4.74 Å². The van der Waals surface area contributed by atoms with Crippen LogP contribution in [0.4, 0.5) is 5.69 Å². The molecule has 3 aromatic rings. The van der Waals surface area contributed by atoms with Crippen molar-refractivity contribution in [3.8, 4) is 5.75 Å². The number of nitrogens with zero attached hydrogens (tertiary/aromatic N) is 2. The standard InChI is InChI=1S/C30H37N3O5S/c1-5-23(2)31-30(35)27(20-24-14-8-6-9-15-24)32(21-25-16-10-7-11-17-25)29(34)22-33(39(4,36)37)26-18-12-13-19-28(26)38-3/h6-19,23,27H,5,20-22H2,1-4H3,(H,31,35). The molecule has 0 bridgehead atoms. The van der Waals surface area contributed by atoms with Gasteiger partial charge in [0.25, 0.3) is 0 Å². The van der Waals surface area contributed by atoms with Crippen LogP contribution in [0.25, 0.3) is 0 Å². The first-order valence-corrected chi connectivity index (χ1v) is 14.8. The van der Waals surface area contributed by atoms with Crippen molar-refractivity contribution in [1.29, 1.82) is 0 Å². The SMILES string of the molecule is CCC(C)NC(=O)C(Cc1ccccc1)N(Cc1ccccc1)C(=O)CN(c1ccccc1OC)S(C)(=O)=O. The summed E-state index contributed by atoms with van der Waals surface area (Å²) in [6.07, 6.45) is 2.05. The minimum Gasteiger partial charge on any atom is -0.495 e. The minimum absolute atomic E-state index is 0.0921. The molecule has 2 amide bonds. The van der Waals surface area contributed by atoms with E-state index in [1.54, 1.807) is 24.3 Å². The average molecular weight is 552 g/mol. The number of amides is 2. The number of hydrogen-bond donors (Lipinski definition) is 1. The van der Waals surface area contributed by atoms with Crippen molar-refractivity contribution < 1.29 is 22.7 Å². The van der Waals surface area contributed by atoms with Crippen molar-refractivity contribution in [2.45, 2.75) is 45.3 Å². The predicted molar refractivity (Wildman–Crippen MR) is 154 cm³/mol. The Morgan fingerprint density at radius 1 is 0.897 bits per heavy atom. The highest BCUT2D eigenvalue weighted by Crippen LogP contribution is 2.30. The van der Waals surface area contributed by atoms with Crippen LogP contribution in [0, 0.1) is 0 Å². The molecular formula is C30H37N3O5S. The molecule has 0 aliphatic heterocycles. The van der Waals surface area contributed by atoms with E-state index in [9.17, 15) is 18.0 Å². The van der Waals surface area contributed by atoms with E-state index in [0.29, 0.717) is 5.75 Å². The average Bonchev–Trinajstić information content (AvgIpc) is 2.93. The zero-order valence-electron chi connectivity index (χ0n) is 22.9. The Balaban J connectivity index is 2.06. The number of nitrogens with one attached hydrogen (secondary N) is 1. The zero-order chi connectivity index (χ0) is 28.4. The van der Waals surface area contributed by atoms with Gasteiger partial charge in [0.15, 0.2) is 0 Å². The van der Waals surface area contributed by atoms with Gasteiger partial charge in [-0.1, -0.05) is 79.7 Å². The van der Waals surface area contributed by atoms with Gasteiger partial charge in [-0.25, -0.2) is 8.42 Å². The van der Waals surface area contributed by atoms with Gasteiger partial charge >= 0.3 is 0 Å². The number of carbonyl (C=O) groups excluding carboxylic acids is 2. The third-order valence-electron chi connectivity index (χ3n) is 6.50. The number of benzene rings is 3. The summed E-state index contributed by atoms with van der Waals surface area (Å²) in [5, 5.41) is 3.02. The highest BCUT2D eigenvalue weighted by molar-refractivity contribution is 7.92. The highest BCUT2D eigenvalue weighted by atomic mass is 32.2. The molecule has 9 heteroatoms. The Morgan fingerprint density at radius 3 is 2.03 bits per heavy atom. The molecule has 0 aliphatic carbocycles. The van der Waals surface area contributed by atoms with Crippen molar-refractivity contribution in [2.24, 2.45) is 0 Å². The summed E-state index contributed by atoms with van der Waals surface area (Å²) in [7, 11) is -2.43. The molecule has 0 heterocycles. The molecule has 8 nitrogen and oxygen atoms in total. The van der Waals surface area contributed by atoms with Gasteiger partial charge in [-0.2, -0.15) is 0 Å². The Hall–Kier alpha value is -3.85.